The van der Waals surface area contributed by atoms with Crippen molar-refractivity contribution in [2.24, 2.45) is 0 Å². The van der Waals surface area contributed by atoms with Crippen molar-refractivity contribution in [1.82, 2.24) is 4.90 Å². The smallest absolute Gasteiger partial charge is 0.416 e. The summed E-state index contributed by atoms with van der Waals surface area (Å²) in [5.41, 5.74) is 0.235. The van der Waals surface area contributed by atoms with Crippen molar-refractivity contribution < 1.29 is 27.9 Å². The van der Waals surface area contributed by atoms with Crippen molar-refractivity contribution >= 4 is 11.9 Å². The van der Waals surface area contributed by atoms with Crippen molar-refractivity contribution in [3.05, 3.63) is 70.8 Å². The van der Waals surface area contributed by atoms with E-state index in [4.69, 9.17) is 5.11 Å². The summed E-state index contributed by atoms with van der Waals surface area (Å²) in [5, 5.41) is 8.85. The highest BCUT2D eigenvalue weighted by molar-refractivity contribution is 5.87. The van der Waals surface area contributed by atoms with Gasteiger partial charge >= 0.3 is 12.1 Å². The molecule has 2 rings (SSSR count). The molecule has 0 aliphatic rings. The molecule has 138 valence electrons. The second-order valence-corrected chi connectivity index (χ2v) is 5.91. The fourth-order valence-corrected chi connectivity index (χ4v) is 2.53. The molecule has 1 amide bonds. The van der Waals surface area contributed by atoms with Crippen LogP contribution in [0.5, 0.6) is 0 Å². The minimum atomic E-state index is -4.47. The molecule has 0 saturated heterocycles. The SMILES string of the molecule is CN(Cc1ccccc1C(F)(F)F)C(=O)CCc1ccc(C(=O)O)cc1. The summed E-state index contributed by atoms with van der Waals surface area (Å²) in [7, 11) is 1.46. The van der Waals surface area contributed by atoms with Crippen LogP contribution in [0.4, 0.5) is 13.2 Å². The molecule has 0 aromatic heterocycles. The molecule has 1 N–H and O–H groups in total. The highest BCUT2D eigenvalue weighted by atomic mass is 19.4. The number of aromatic carboxylic acids is 1. The number of benzene rings is 2. The highest BCUT2D eigenvalue weighted by Crippen LogP contribution is 2.32. The Labute approximate surface area is 148 Å². The molecular formula is C19H18F3NO3. The summed E-state index contributed by atoms with van der Waals surface area (Å²) >= 11 is 0. The van der Waals surface area contributed by atoms with Gasteiger partial charge in [-0.3, -0.25) is 4.79 Å². The first kappa shape index (κ1) is 19.5. The Kier molecular flexibility index (Phi) is 6.02. The largest absolute Gasteiger partial charge is 0.478 e. The van der Waals surface area contributed by atoms with E-state index in [0.29, 0.717) is 6.42 Å². The van der Waals surface area contributed by atoms with Crippen molar-refractivity contribution in [3.63, 3.8) is 0 Å². The van der Waals surface area contributed by atoms with E-state index in [1.54, 1.807) is 12.1 Å². The molecule has 7 heteroatoms. The molecule has 0 bridgehead atoms. The minimum absolute atomic E-state index is 0.0432. The molecule has 2 aromatic rings. The van der Waals surface area contributed by atoms with Crippen LogP contribution in [0.2, 0.25) is 0 Å². The maximum atomic E-state index is 13.0. The fourth-order valence-electron chi connectivity index (χ4n) is 2.53. The van der Waals surface area contributed by atoms with Gasteiger partial charge in [-0.2, -0.15) is 13.2 Å². The molecule has 0 atom stereocenters. The van der Waals surface area contributed by atoms with E-state index in [9.17, 15) is 22.8 Å². The van der Waals surface area contributed by atoms with Crippen molar-refractivity contribution in [2.75, 3.05) is 7.05 Å². The van der Waals surface area contributed by atoms with Crippen LogP contribution in [-0.2, 0) is 23.9 Å². The number of amides is 1. The summed E-state index contributed by atoms with van der Waals surface area (Å²) in [5.74, 6) is -1.32. The predicted molar refractivity (Wildman–Crippen MR) is 89.6 cm³/mol. The van der Waals surface area contributed by atoms with Crippen LogP contribution in [0, 0.1) is 0 Å². The normalized spacial score (nSPS) is 11.2. The van der Waals surface area contributed by atoms with Crippen molar-refractivity contribution in [2.45, 2.75) is 25.6 Å². The lowest BCUT2D eigenvalue weighted by atomic mass is 10.1. The Morgan fingerprint density at radius 1 is 1.04 bits per heavy atom. The number of carboxylic acid groups (broad SMARTS) is 1. The molecule has 4 nitrogen and oxygen atoms in total. The van der Waals surface area contributed by atoms with Gasteiger partial charge in [-0.15, -0.1) is 0 Å². The van der Waals surface area contributed by atoms with Crippen LogP contribution >= 0.6 is 0 Å². The van der Waals surface area contributed by atoms with Gasteiger partial charge in [-0.25, -0.2) is 4.79 Å². The van der Waals surface area contributed by atoms with E-state index in [0.717, 1.165) is 11.6 Å². The second-order valence-electron chi connectivity index (χ2n) is 5.91. The number of alkyl halides is 3. The standard InChI is InChI=1S/C19H18F3NO3/c1-23(12-15-4-2-3-5-16(15)19(20,21)22)17(24)11-8-13-6-9-14(10-7-13)18(25)26/h2-7,9-10H,8,11-12H2,1H3,(H,25,26). The third-order valence-electron chi connectivity index (χ3n) is 3.98. The van der Waals surface area contributed by atoms with E-state index in [1.165, 1.54) is 42.3 Å². The first-order chi connectivity index (χ1) is 12.2. The van der Waals surface area contributed by atoms with E-state index >= 15 is 0 Å². The molecule has 2 aromatic carbocycles. The van der Waals surface area contributed by atoms with Gasteiger partial charge in [0.25, 0.3) is 0 Å². The Bertz CT molecular complexity index is 785. The number of hydrogen-bond acceptors (Lipinski definition) is 2. The highest BCUT2D eigenvalue weighted by Gasteiger charge is 2.33. The number of halogens is 3. The zero-order chi connectivity index (χ0) is 19.3. The topological polar surface area (TPSA) is 57.6 Å². The lowest BCUT2D eigenvalue weighted by Crippen LogP contribution is -2.27. The number of aryl methyl sites for hydroxylation is 1. The number of carbonyl (C=O) groups is 2. The molecule has 0 unspecified atom stereocenters. The van der Waals surface area contributed by atoms with Crippen LogP contribution in [0.15, 0.2) is 48.5 Å². The van der Waals surface area contributed by atoms with Gasteiger partial charge in [0.1, 0.15) is 0 Å². The quantitative estimate of drug-likeness (QED) is 0.842. The average molecular weight is 365 g/mol. The monoisotopic (exact) mass is 365 g/mol. The van der Waals surface area contributed by atoms with E-state index in [-0.39, 0.29) is 30.0 Å². The molecule has 0 aliphatic heterocycles. The van der Waals surface area contributed by atoms with Gasteiger partial charge in [0, 0.05) is 20.0 Å². The number of carboxylic acids is 1. The maximum absolute atomic E-state index is 13.0. The number of hydrogen-bond donors (Lipinski definition) is 1. The van der Waals surface area contributed by atoms with Gasteiger partial charge in [0.05, 0.1) is 11.1 Å². The molecule has 0 aliphatic carbocycles. The van der Waals surface area contributed by atoms with Crippen LogP contribution < -0.4 is 0 Å². The molecule has 0 fully saturated rings. The fraction of sp³-hybridized carbons (Fsp3) is 0.263. The molecule has 26 heavy (non-hydrogen) atoms. The zero-order valence-corrected chi connectivity index (χ0v) is 14.1. The van der Waals surface area contributed by atoms with Gasteiger partial charge in [-0.05, 0) is 35.7 Å². The molecule has 0 spiro atoms. The van der Waals surface area contributed by atoms with E-state index in [2.05, 4.69) is 0 Å². The lowest BCUT2D eigenvalue weighted by molar-refractivity contribution is -0.139. The minimum Gasteiger partial charge on any atom is -0.478 e. The van der Waals surface area contributed by atoms with E-state index < -0.39 is 17.7 Å². The Morgan fingerprint density at radius 3 is 2.23 bits per heavy atom. The summed E-state index contributed by atoms with van der Waals surface area (Å²) < 4.78 is 39.0. The Balaban J connectivity index is 1.97. The van der Waals surface area contributed by atoms with Crippen molar-refractivity contribution in [3.8, 4) is 0 Å². The summed E-state index contributed by atoms with van der Waals surface area (Å²) in [6, 6.07) is 11.3. The third kappa shape index (κ3) is 5.08. The molecular weight excluding hydrogens is 347 g/mol. The number of rotatable bonds is 6. The van der Waals surface area contributed by atoms with Crippen LogP contribution in [-0.4, -0.2) is 28.9 Å². The zero-order valence-electron chi connectivity index (χ0n) is 14.1. The average Bonchev–Trinajstić information content (AvgIpc) is 2.59. The first-order valence-electron chi connectivity index (χ1n) is 7.90. The van der Waals surface area contributed by atoms with Gasteiger partial charge < -0.3 is 10.0 Å². The van der Waals surface area contributed by atoms with Gasteiger partial charge in [-0.1, -0.05) is 30.3 Å². The van der Waals surface area contributed by atoms with Crippen LogP contribution in [0.25, 0.3) is 0 Å². The second kappa shape index (κ2) is 8.03. The van der Waals surface area contributed by atoms with E-state index in [1.807, 2.05) is 0 Å². The van der Waals surface area contributed by atoms with Crippen LogP contribution in [0.3, 0.4) is 0 Å². The van der Waals surface area contributed by atoms with Crippen LogP contribution in [0.1, 0.15) is 33.5 Å². The molecule has 0 radical (unpaired) electrons. The predicted octanol–water partition coefficient (Wildman–Crippen LogP) is 3.99. The summed E-state index contributed by atoms with van der Waals surface area (Å²) in [6.45, 7) is -0.132. The number of nitrogens with zero attached hydrogens (tertiary/aromatic N) is 1. The Hall–Kier alpha value is -2.83. The molecule has 0 heterocycles. The Morgan fingerprint density at radius 2 is 1.65 bits per heavy atom. The summed E-state index contributed by atoms with van der Waals surface area (Å²) in [6.07, 6.45) is -3.96. The number of carbonyl (C=O) groups excluding carboxylic acids is 1. The van der Waals surface area contributed by atoms with Gasteiger partial charge in [0.15, 0.2) is 0 Å². The third-order valence-corrected chi connectivity index (χ3v) is 3.98. The maximum Gasteiger partial charge on any atom is 0.416 e. The lowest BCUT2D eigenvalue weighted by Gasteiger charge is -2.20. The van der Waals surface area contributed by atoms with Gasteiger partial charge in [0.2, 0.25) is 5.91 Å². The van der Waals surface area contributed by atoms with Crippen molar-refractivity contribution in [1.29, 1.82) is 0 Å². The summed E-state index contributed by atoms with van der Waals surface area (Å²) in [4.78, 5) is 24.3. The molecule has 0 saturated carbocycles. The first-order valence-corrected chi connectivity index (χ1v) is 7.90.